The van der Waals surface area contributed by atoms with Gasteiger partial charge in [-0.2, -0.15) is 0 Å². The summed E-state index contributed by atoms with van der Waals surface area (Å²) in [6.07, 6.45) is 3.76. The lowest BCUT2D eigenvalue weighted by Crippen LogP contribution is -2.44. The number of aliphatic hydroxyl groups is 1. The number of nitrogens with zero attached hydrogens (tertiary/aromatic N) is 2. The average molecular weight is 379 g/mol. The van der Waals surface area contributed by atoms with Gasteiger partial charge in [-0.1, -0.05) is 42.5 Å². The van der Waals surface area contributed by atoms with Crippen LogP contribution >= 0.6 is 0 Å². The van der Waals surface area contributed by atoms with Crippen LogP contribution in [0.15, 0.2) is 54.6 Å². The molecule has 3 atom stereocenters. The predicted octanol–water partition coefficient (Wildman–Crippen LogP) is 3.35. The number of rotatable bonds is 6. The molecule has 4 heteroatoms. The van der Waals surface area contributed by atoms with Crippen LogP contribution in [0.2, 0.25) is 0 Å². The number of amides is 1. The third kappa shape index (κ3) is 3.47. The maximum atomic E-state index is 13.4. The number of hydrogen-bond donors (Lipinski definition) is 1. The van der Waals surface area contributed by atoms with E-state index < -0.39 is 0 Å². The third-order valence-corrected chi connectivity index (χ3v) is 6.47. The van der Waals surface area contributed by atoms with Crippen molar-refractivity contribution in [3.05, 3.63) is 71.3 Å². The van der Waals surface area contributed by atoms with Crippen molar-refractivity contribution in [1.82, 2.24) is 9.80 Å². The van der Waals surface area contributed by atoms with Crippen molar-refractivity contribution in [3.63, 3.8) is 0 Å². The molecular weight excluding hydrogens is 348 g/mol. The lowest BCUT2D eigenvalue weighted by Gasteiger charge is -2.36. The monoisotopic (exact) mass is 378 g/mol. The Bertz CT molecular complexity index is 836. The van der Waals surface area contributed by atoms with Crippen LogP contribution in [0.5, 0.6) is 0 Å². The Labute approximate surface area is 167 Å². The molecule has 2 aliphatic heterocycles. The van der Waals surface area contributed by atoms with E-state index in [-0.39, 0.29) is 30.0 Å². The summed E-state index contributed by atoms with van der Waals surface area (Å²) in [5.41, 5.74) is 2.94. The molecule has 2 bridgehead atoms. The first kappa shape index (κ1) is 19.2. The van der Waals surface area contributed by atoms with Gasteiger partial charge in [0.1, 0.15) is 0 Å². The van der Waals surface area contributed by atoms with E-state index in [9.17, 15) is 9.90 Å². The van der Waals surface area contributed by atoms with Crippen molar-refractivity contribution in [1.29, 1.82) is 0 Å². The summed E-state index contributed by atoms with van der Waals surface area (Å²) < 4.78 is 0. The van der Waals surface area contributed by atoms with Gasteiger partial charge in [-0.05, 0) is 63.0 Å². The standard InChI is InChI=1S/C24H30N2O2/c1-25(2)16-19-9-6-10-20(13-19)23(28)26-21-11-12-22(26)24(15-21,17-27)14-18-7-4-3-5-8-18/h3-10,13,21-22,27H,11-12,14-17H2,1-2H3/t21-,22+,24-/m0/s1. The smallest absolute Gasteiger partial charge is 0.254 e. The number of aliphatic hydroxyl groups excluding tert-OH is 1. The normalized spacial score (nSPS) is 26.2. The molecule has 1 N–H and O–H groups in total. The summed E-state index contributed by atoms with van der Waals surface area (Å²) in [5.74, 6) is 0.122. The highest BCUT2D eigenvalue weighted by Crippen LogP contribution is 2.51. The van der Waals surface area contributed by atoms with Crippen molar-refractivity contribution >= 4 is 5.91 Å². The fourth-order valence-corrected chi connectivity index (χ4v) is 5.33. The van der Waals surface area contributed by atoms with Crippen molar-refractivity contribution in [2.75, 3.05) is 20.7 Å². The first-order chi connectivity index (χ1) is 13.5. The topological polar surface area (TPSA) is 43.8 Å². The number of fused-ring (bicyclic) bond motifs is 2. The second-order valence-electron chi connectivity index (χ2n) is 8.78. The zero-order chi connectivity index (χ0) is 19.7. The fraction of sp³-hybridized carbons (Fsp3) is 0.458. The lowest BCUT2D eigenvalue weighted by molar-refractivity contribution is 0.0571. The zero-order valence-electron chi connectivity index (χ0n) is 16.8. The third-order valence-electron chi connectivity index (χ3n) is 6.47. The Morgan fingerprint density at radius 1 is 1.11 bits per heavy atom. The van der Waals surface area contributed by atoms with Crippen molar-refractivity contribution in [2.45, 2.75) is 44.3 Å². The fourth-order valence-electron chi connectivity index (χ4n) is 5.33. The highest BCUT2D eigenvalue weighted by atomic mass is 16.3. The van der Waals surface area contributed by atoms with E-state index in [0.717, 1.165) is 43.4 Å². The first-order valence-corrected chi connectivity index (χ1v) is 10.2. The van der Waals surface area contributed by atoms with Gasteiger partial charge < -0.3 is 14.9 Å². The molecule has 0 aromatic heterocycles. The van der Waals surface area contributed by atoms with Crippen LogP contribution < -0.4 is 0 Å². The molecule has 2 heterocycles. The molecular formula is C24H30N2O2. The summed E-state index contributed by atoms with van der Waals surface area (Å²) in [4.78, 5) is 17.6. The molecule has 0 saturated carbocycles. The molecule has 2 aromatic carbocycles. The molecule has 0 aliphatic carbocycles. The van der Waals surface area contributed by atoms with Gasteiger partial charge in [0.25, 0.3) is 5.91 Å². The Morgan fingerprint density at radius 3 is 2.57 bits per heavy atom. The first-order valence-electron chi connectivity index (χ1n) is 10.2. The molecule has 4 nitrogen and oxygen atoms in total. The summed E-state index contributed by atoms with van der Waals surface area (Å²) in [5, 5.41) is 10.4. The van der Waals surface area contributed by atoms with Crippen LogP contribution in [0, 0.1) is 5.41 Å². The highest BCUT2D eigenvalue weighted by molar-refractivity contribution is 5.95. The minimum atomic E-state index is -0.221. The Hall–Kier alpha value is -2.17. The van der Waals surface area contributed by atoms with Gasteiger partial charge in [0.05, 0.1) is 6.61 Å². The predicted molar refractivity (Wildman–Crippen MR) is 111 cm³/mol. The number of hydrogen-bond acceptors (Lipinski definition) is 3. The minimum Gasteiger partial charge on any atom is -0.396 e. The molecule has 2 fully saturated rings. The van der Waals surface area contributed by atoms with E-state index in [4.69, 9.17) is 0 Å². The average Bonchev–Trinajstić information content (AvgIpc) is 3.24. The van der Waals surface area contributed by atoms with Crippen LogP contribution in [-0.4, -0.2) is 53.6 Å². The second-order valence-corrected chi connectivity index (χ2v) is 8.78. The van der Waals surface area contributed by atoms with Crippen LogP contribution in [0.4, 0.5) is 0 Å². The summed E-state index contributed by atoms with van der Waals surface area (Å²) in [7, 11) is 4.07. The summed E-state index contributed by atoms with van der Waals surface area (Å²) in [6, 6.07) is 18.7. The van der Waals surface area contributed by atoms with Gasteiger partial charge in [0.15, 0.2) is 0 Å². The van der Waals surface area contributed by atoms with Gasteiger partial charge in [-0.15, -0.1) is 0 Å². The van der Waals surface area contributed by atoms with Crippen LogP contribution in [0.1, 0.15) is 40.7 Å². The number of carbonyl (C=O) groups is 1. The molecule has 0 unspecified atom stereocenters. The van der Waals surface area contributed by atoms with Crippen LogP contribution in [-0.2, 0) is 13.0 Å². The van der Waals surface area contributed by atoms with E-state index >= 15 is 0 Å². The molecule has 148 valence electrons. The van der Waals surface area contributed by atoms with E-state index in [1.54, 1.807) is 0 Å². The molecule has 2 aliphatic rings. The SMILES string of the molecule is CN(C)Cc1cccc(C(=O)N2[C@H]3CC[C@@H]2[C@@](CO)(Cc2ccccc2)C3)c1. The summed E-state index contributed by atoms with van der Waals surface area (Å²) in [6.45, 7) is 0.954. The second kappa shape index (κ2) is 7.69. The number of benzene rings is 2. The van der Waals surface area contributed by atoms with Gasteiger partial charge in [-0.3, -0.25) is 4.79 Å². The van der Waals surface area contributed by atoms with E-state index in [1.165, 1.54) is 5.56 Å². The number of carbonyl (C=O) groups excluding carboxylic acids is 1. The van der Waals surface area contributed by atoms with Gasteiger partial charge in [-0.25, -0.2) is 0 Å². The Kier molecular flexibility index (Phi) is 5.26. The van der Waals surface area contributed by atoms with E-state index in [2.05, 4.69) is 28.0 Å². The Balaban J connectivity index is 1.58. The van der Waals surface area contributed by atoms with Crippen molar-refractivity contribution < 1.29 is 9.90 Å². The minimum absolute atomic E-state index is 0.118. The molecule has 1 amide bonds. The largest absolute Gasteiger partial charge is 0.396 e. The van der Waals surface area contributed by atoms with Gasteiger partial charge in [0, 0.05) is 29.6 Å². The van der Waals surface area contributed by atoms with Gasteiger partial charge >= 0.3 is 0 Å². The Morgan fingerprint density at radius 2 is 1.86 bits per heavy atom. The molecule has 28 heavy (non-hydrogen) atoms. The quantitative estimate of drug-likeness (QED) is 0.838. The van der Waals surface area contributed by atoms with Crippen LogP contribution in [0.3, 0.4) is 0 Å². The highest BCUT2D eigenvalue weighted by Gasteiger charge is 2.57. The zero-order valence-corrected chi connectivity index (χ0v) is 16.8. The lowest BCUT2D eigenvalue weighted by atomic mass is 9.70. The molecule has 2 saturated heterocycles. The van der Waals surface area contributed by atoms with Gasteiger partial charge in [0.2, 0.25) is 0 Å². The molecule has 0 radical (unpaired) electrons. The molecule has 4 rings (SSSR count). The van der Waals surface area contributed by atoms with E-state index in [0.29, 0.717) is 0 Å². The molecule has 0 spiro atoms. The maximum Gasteiger partial charge on any atom is 0.254 e. The van der Waals surface area contributed by atoms with Crippen molar-refractivity contribution in [2.24, 2.45) is 5.41 Å². The maximum absolute atomic E-state index is 13.4. The summed E-state index contributed by atoms with van der Waals surface area (Å²) >= 11 is 0. The van der Waals surface area contributed by atoms with E-state index in [1.807, 2.05) is 50.5 Å². The van der Waals surface area contributed by atoms with Crippen molar-refractivity contribution in [3.8, 4) is 0 Å². The van der Waals surface area contributed by atoms with Crippen LogP contribution in [0.25, 0.3) is 0 Å². The molecule has 2 aromatic rings.